The minimum atomic E-state index is -2.09. The molecule has 2 saturated heterocycles. The summed E-state index contributed by atoms with van der Waals surface area (Å²) in [6, 6.07) is 15.4. The van der Waals surface area contributed by atoms with Crippen molar-refractivity contribution in [1.29, 1.82) is 0 Å². The van der Waals surface area contributed by atoms with Crippen molar-refractivity contribution in [1.82, 2.24) is 5.32 Å². The minimum absolute atomic E-state index is 0.0618. The summed E-state index contributed by atoms with van der Waals surface area (Å²) < 4.78 is 43.2. The molecule has 2 aliphatic heterocycles. The van der Waals surface area contributed by atoms with E-state index in [1.807, 2.05) is 20.8 Å². The molecule has 3 saturated carbocycles. The van der Waals surface area contributed by atoms with Gasteiger partial charge in [0.1, 0.15) is 36.3 Å². The molecule has 1 amide bonds. The number of carbonyl (C=O) groups is 4. The van der Waals surface area contributed by atoms with Gasteiger partial charge in [-0.25, -0.2) is 14.4 Å². The highest BCUT2D eigenvalue weighted by Crippen LogP contribution is 2.67. The zero-order valence-electron chi connectivity index (χ0n) is 34.8. The number of hydrogen-bond acceptors (Lipinski definition) is 14. The first kappa shape index (κ1) is 43.0. The monoisotopic (exact) mass is 823 g/mol. The predicted molar refractivity (Wildman–Crippen MR) is 207 cm³/mol. The van der Waals surface area contributed by atoms with E-state index in [1.165, 1.54) is 6.92 Å². The number of fused-ring (bicyclic) bond motifs is 8. The molecule has 3 aliphatic carbocycles. The summed E-state index contributed by atoms with van der Waals surface area (Å²) in [5.74, 6) is -4.93. The van der Waals surface area contributed by atoms with E-state index in [4.69, 9.17) is 33.2 Å². The summed E-state index contributed by atoms with van der Waals surface area (Å²) in [5, 5.41) is 40.2. The van der Waals surface area contributed by atoms with Gasteiger partial charge < -0.3 is 53.8 Å². The lowest BCUT2D eigenvalue weighted by molar-refractivity contribution is -0.373. The zero-order chi connectivity index (χ0) is 42.9. The molecule has 5 fully saturated rings. The smallest absolute Gasteiger partial charge is 0.408 e. The first-order valence-electron chi connectivity index (χ1n) is 20.3. The number of hydrogen-bond donors (Lipinski definition) is 4. The van der Waals surface area contributed by atoms with Gasteiger partial charge in [-0.15, -0.1) is 0 Å². The maximum atomic E-state index is 14.3. The highest BCUT2D eigenvalue weighted by molar-refractivity contribution is 5.89. The average Bonchev–Trinajstić information content (AvgIpc) is 3.65. The van der Waals surface area contributed by atoms with Gasteiger partial charge in [-0.2, -0.15) is 0 Å². The second-order valence-corrected chi connectivity index (χ2v) is 18.7. The van der Waals surface area contributed by atoms with E-state index in [9.17, 15) is 34.5 Å². The summed E-state index contributed by atoms with van der Waals surface area (Å²) in [7, 11) is 0. The maximum absolute atomic E-state index is 14.3. The van der Waals surface area contributed by atoms with Crippen molar-refractivity contribution in [3.63, 3.8) is 0 Å². The van der Waals surface area contributed by atoms with Gasteiger partial charge in [0.15, 0.2) is 11.7 Å². The first-order chi connectivity index (χ1) is 27.7. The van der Waals surface area contributed by atoms with Gasteiger partial charge in [-0.05, 0) is 44.4 Å². The van der Waals surface area contributed by atoms with Crippen LogP contribution in [0.2, 0.25) is 0 Å². The molecule has 322 valence electrons. The van der Waals surface area contributed by atoms with Gasteiger partial charge >= 0.3 is 24.0 Å². The van der Waals surface area contributed by atoms with Gasteiger partial charge in [0.05, 0.1) is 42.4 Å². The first-order valence-corrected chi connectivity index (χ1v) is 20.3. The standard InChI is InChI=1S/C44H57NO14/c1-23-27(56-38(50)32(48)31(25-15-11-9-12-16-25)45-39(51)59-40(3,4)5)20-44(52)36(57-37(49)26-17-13-10-14-18-26)34-42(8,35-33(54-22-55-35)30(23)41(44,6)7)28(47)19-29-43(34,21-53-29)58-24(2)46/h9-18,23,27-36,47-48,52H,19-22H2,1-8H3,(H,45,51)/t23?,27-,28-,29?,30?,31-,32+,33+,34-,35?,36-,42+,43-,44+/m0/s1. The highest BCUT2D eigenvalue weighted by Gasteiger charge is 2.79. The van der Waals surface area contributed by atoms with Crippen LogP contribution in [0.15, 0.2) is 60.7 Å². The number of aliphatic hydroxyl groups excluding tert-OH is 2. The van der Waals surface area contributed by atoms with Crippen molar-refractivity contribution in [2.45, 2.75) is 134 Å². The van der Waals surface area contributed by atoms with E-state index in [-0.39, 0.29) is 31.8 Å². The van der Waals surface area contributed by atoms with E-state index < -0.39 is 118 Å². The zero-order valence-corrected chi connectivity index (χ0v) is 34.8. The molecule has 15 heteroatoms. The van der Waals surface area contributed by atoms with Gasteiger partial charge in [-0.1, -0.05) is 76.2 Å². The molecule has 2 aromatic carbocycles. The van der Waals surface area contributed by atoms with Crippen LogP contribution in [0.3, 0.4) is 0 Å². The van der Waals surface area contributed by atoms with Crippen LogP contribution in [0.5, 0.6) is 0 Å². The summed E-state index contributed by atoms with van der Waals surface area (Å²) >= 11 is 0. The second kappa shape index (κ2) is 15.4. The maximum Gasteiger partial charge on any atom is 0.408 e. The molecule has 5 aliphatic rings. The van der Waals surface area contributed by atoms with Crippen LogP contribution in [-0.2, 0) is 42.7 Å². The minimum Gasteiger partial charge on any atom is -0.460 e. The Hall–Kier alpha value is -4.12. The van der Waals surface area contributed by atoms with E-state index in [1.54, 1.807) is 88.4 Å². The number of esters is 3. The third-order valence-electron chi connectivity index (χ3n) is 13.8. The van der Waals surface area contributed by atoms with Crippen LogP contribution >= 0.6 is 0 Å². The van der Waals surface area contributed by atoms with Crippen LogP contribution in [0, 0.1) is 28.6 Å². The normalized spacial score (nSPS) is 37.9. The Labute approximate surface area is 344 Å². The lowest BCUT2D eigenvalue weighted by Gasteiger charge is -2.70. The van der Waals surface area contributed by atoms with Crippen LogP contribution in [0.4, 0.5) is 4.79 Å². The Morgan fingerprint density at radius 2 is 1.58 bits per heavy atom. The van der Waals surface area contributed by atoms with E-state index >= 15 is 0 Å². The molecule has 0 radical (unpaired) electrons. The molecule has 4 unspecified atom stereocenters. The molecule has 0 spiro atoms. The molecule has 0 aromatic heterocycles. The van der Waals surface area contributed by atoms with Crippen LogP contribution < -0.4 is 5.32 Å². The van der Waals surface area contributed by atoms with Crippen molar-refractivity contribution in [2.24, 2.45) is 28.6 Å². The topological polar surface area (TPSA) is 206 Å². The Morgan fingerprint density at radius 1 is 0.932 bits per heavy atom. The number of ether oxygens (including phenoxy) is 7. The van der Waals surface area contributed by atoms with Gasteiger partial charge in [0.2, 0.25) is 0 Å². The Morgan fingerprint density at radius 3 is 2.17 bits per heavy atom. The SMILES string of the molecule is CC(=O)O[C@@]12COC1C[C@H](O)[C@@]1(C)C3OCO[C@@H]3C3C(C)[C@@H](OC(=O)[C@H](O)[C@@H](NC(=O)OC(C)(C)C)c4ccccc4)C[C@@](O)([C@@H](OC(=O)c4ccccc4)[C@@H]12)C3(C)C. The molecule has 14 atom stereocenters. The molecular formula is C44H57NO14. The van der Waals surface area contributed by atoms with Crippen LogP contribution in [-0.4, -0.2) is 112 Å². The van der Waals surface area contributed by atoms with E-state index in [0.717, 1.165) is 0 Å². The fourth-order valence-corrected chi connectivity index (χ4v) is 11.0. The second-order valence-electron chi connectivity index (χ2n) is 18.7. The molecule has 2 bridgehead atoms. The fraction of sp³-hybridized carbons (Fsp3) is 0.636. The van der Waals surface area contributed by atoms with Crippen molar-refractivity contribution >= 4 is 24.0 Å². The van der Waals surface area contributed by atoms with Crippen LogP contribution in [0.1, 0.15) is 90.2 Å². The summed E-state index contributed by atoms with van der Waals surface area (Å²) in [6.45, 7) is 13.3. The number of nitrogens with one attached hydrogen (secondary N) is 1. The molecule has 15 nitrogen and oxygen atoms in total. The third-order valence-corrected chi connectivity index (χ3v) is 13.8. The molecule has 2 aromatic rings. The van der Waals surface area contributed by atoms with Crippen molar-refractivity contribution in [2.75, 3.05) is 13.4 Å². The van der Waals surface area contributed by atoms with Gasteiger partial charge in [0, 0.05) is 36.5 Å². The average molecular weight is 824 g/mol. The Balaban J connectivity index is 1.34. The number of amides is 1. The lowest BCUT2D eigenvalue weighted by atomic mass is 9.42. The summed E-state index contributed by atoms with van der Waals surface area (Å²) in [6.07, 6.45) is -9.43. The number of alkyl carbamates (subject to hydrolysis) is 1. The number of aliphatic hydroxyl groups is 3. The van der Waals surface area contributed by atoms with Gasteiger partial charge in [0.25, 0.3) is 0 Å². The molecule has 7 rings (SSSR count). The molecular weight excluding hydrogens is 766 g/mol. The van der Waals surface area contributed by atoms with Gasteiger partial charge in [-0.3, -0.25) is 4.79 Å². The Kier molecular flexibility index (Phi) is 11.2. The highest BCUT2D eigenvalue weighted by atomic mass is 16.7. The third kappa shape index (κ3) is 7.20. The molecule has 2 heterocycles. The van der Waals surface area contributed by atoms with E-state index in [2.05, 4.69) is 5.32 Å². The summed E-state index contributed by atoms with van der Waals surface area (Å²) in [4.78, 5) is 54.6. The quantitative estimate of drug-likeness (QED) is 0.220. The number of carbonyl (C=O) groups excluding carboxylic acids is 4. The summed E-state index contributed by atoms with van der Waals surface area (Å²) in [5.41, 5.74) is -6.44. The van der Waals surface area contributed by atoms with Crippen molar-refractivity contribution < 1.29 is 67.7 Å². The van der Waals surface area contributed by atoms with E-state index in [0.29, 0.717) is 5.56 Å². The molecule has 59 heavy (non-hydrogen) atoms. The lowest BCUT2D eigenvalue weighted by Crippen LogP contribution is -2.83. The number of benzene rings is 2. The van der Waals surface area contributed by atoms with Crippen molar-refractivity contribution in [3.05, 3.63) is 71.8 Å². The predicted octanol–water partition coefficient (Wildman–Crippen LogP) is 4.01. The van der Waals surface area contributed by atoms with Crippen molar-refractivity contribution in [3.8, 4) is 0 Å². The fourth-order valence-electron chi connectivity index (χ4n) is 11.0. The largest absolute Gasteiger partial charge is 0.460 e. The van der Waals surface area contributed by atoms with Crippen LogP contribution in [0.25, 0.3) is 0 Å². The number of rotatable bonds is 8. The molecule has 4 N–H and O–H groups in total. The Bertz CT molecular complexity index is 1900.